The van der Waals surface area contributed by atoms with E-state index in [1.54, 1.807) is 18.4 Å². The first kappa shape index (κ1) is 22.6. The highest BCUT2D eigenvalue weighted by Crippen LogP contribution is 2.13. The van der Waals surface area contributed by atoms with E-state index in [2.05, 4.69) is 39.4 Å². The molecule has 144 valence electrons. The number of nitrogens with zero attached hydrogens (tertiary/aromatic N) is 3. The van der Waals surface area contributed by atoms with E-state index in [0.717, 1.165) is 63.0 Å². The number of methoxy groups -OCH3 is 1. The summed E-state index contributed by atoms with van der Waals surface area (Å²) in [5.41, 5.74) is 0. The van der Waals surface area contributed by atoms with Gasteiger partial charge in [-0.1, -0.05) is 0 Å². The zero-order chi connectivity index (χ0) is 17.2. The number of ether oxygens (including phenoxy) is 1. The summed E-state index contributed by atoms with van der Waals surface area (Å²) >= 11 is 1.71. The quantitative estimate of drug-likeness (QED) is 0.259. The van der Waals surface area contributed by atoms with Crippen molar-refractivity contribution in [3.05, 3.63) is 16.1 Å². The van der Waals surface area contributed by atoms with Gasteiger partial charge in [0.15, 0.2) is 5.96 Å². The Balaban J connectivity index is 0.00000312. The van der Waals surface area contributed by atoms with Crippen molar-refractivity contribution in [3.8, 4) is 0 Å². The third-order valence-electron chi connectivity index (χ3n) is 4.14. The highest BCUT2D eigenvalue weighted by molar-refractivity contribution is 14.0. The summed E-state index contributed by atoms with van der Waals surface area (Å²) in [5, 5.41) is 8.00. The molecule has 0 saturated carbocycles. The van der Waals surface area contributed by atoms with Crippen LogP contribution in [-0.2, 0) is 11.3 Å². The van der Waals surface area contributed by atoms with Crippen molar-refractivity contribution < 1.29 is 4.74 Å². The van der Waals surface area contributed by atoms with Gasteiger partial charge < -0.3 is 20.3 Å². The summed E-state index contributed by atoms with van der Waals surface area (Å²) in [7, 11) is 1.77. The maximum Gasteiger partial charge on any atom is 0.191 e. The van der Waals surface area contributed by atoms with Crippen LogP contribution in [-0.4, -0.2) is 61.8 Å². The number of aryl methyl sites for hydroxylation is 1. The zero-order valence-corrected chi connectivity index (χ0v) is 18.7. The molecule has 0 aliphatic carbocycles. The second kappa shape index (κ2) is 12.8. The van der Waals surface area contributed by atoms with Gasteiger partial charge in [0.1, 0.15) is 5.01 Å². The molecule has 6 nitrogen and oxygen atoms in total. The highest BCUT2D eigenvalue weighted by Gasteiger charge is 2.19. The highest BCUT2D eigenvalue weighted by atomic mass is 127. The summed E-state index contributed by atoms with van der Waals surface area (Å²) in [6, 6.07) is 0.500. The molecule has 2 N–H and O–H groups in total. The molecule has 25 heavy (non-hydrogen) atoms. The van der Waals surface area contributed by atoms with Crippen molar-refractivity contribution in [1.82, 2.24) is 20.5 Å². The van der Waals surface area contributed by atoms with Crippen molar-refractivity contribution in [2.24, 2.45) is 4.99 Å². The second-order valence-electron chi connectivity index (χ2n) is 6.17. The van der Waals surface area contributed by atoms with Crippen LogP contribution >= 0.6 is 35.3 Å². The zero-order valence-electron chi connectivity index (χ0n) is 15.6. The van der Waals surface area contributed by atoms with E-state index in [4.69, 9.17) is 4.74 Å². The minimum atomic E-state index is 0. The minimum Gasteiger partial charge on any atom is -0.385 e. The molecule has 2 heterocycles. The Bertz CT molecular complexity index is 503. The number of aliphatic imine (C=N–C) groups is 1. The van der Waals surface area contributed by atoms with Crippen LogP contribution in [0.2, 0.25) is 0 Å². The topological polar surface area (TPSA) is 61.8 Å². The average molecular weight is 481 g/mol. The van der Waals surface area contributed by atoms with Gasteiger partial charge in [-0.25, -0.2) is 9.98 Å². The third-order valence-corrected chi connectivity index (χ3v) is 5.03. The SMILES string of the molecule is CCNC(=NCc1ncc(C)s1)NC1CCN(CCCOC)CC1.I. The molecule has 1 aromatic heterocycles. The van der Waals surface area contributed by atoms with E-state index in [1.165, 1.54) is 4.88 Å². The molecular formula is C17H32IN5OS. The fourth-order valence-corrected chi connectivity index (χ4v) is 3.58. The van der Waals surface area contributed by atoms with Crippen molar-refractivity contribution in [2.75, 3.05) is 39.9 Å². The molecule has 0 bridgehead atoms. The largest absolute Gasteiger partial charge is 0.385 e. The van der Waals surface area contributed by atoms with Gasteiger partial charge in [-0.2, -0.15) is 0 Å². The Hall–Kier alpha value is -0.450. The van der Waals surface area contributed by atoms with Crippen LogP contribution in [0, 0.1) is 6.92 Å². The van der Waals surface area contributed by atoms with Crippen molar-refractivity contribution >= 4 is 41.3 Å². The molecule has 0 radical (unpaired) electrons. The summed E-state index contributed by atoms with van der Waals surface area (Å²) in [6.45, 7) is 9.98. The first-order valence-corrected chi connectivity index (χ1v) is 9.70. The Morgan fingerprint density at radius 1 is 1.44 bits per heavy atom. The monoisotopic (exact) mass is 481 g/mol. The van der Waals surface area contributed by atoms with Gasteiger partial charge in [-0.3, -0.25) is 0 Å². The van der Waals surface area contributed by atoms with Gasteiger partial charge in [-0.15, -0.1) is 35.3 Å². The van der Waals surface area contributed by atoms with Gasteiger partial charge in [-0.05, 0) is 33.1 Å². The van der Waals surface area contributed by atoms with E-state index < -0.39 is 0 Å². The molecule has 1 fully saturated rings. The number of thiazole rings is 1. The van der Waals surface area contributed by atoms with Crippen LogP contribution in [0.15, 0.2) is 11.2 Å². The molecule has 2 rings (SSSR count). The molecule has 0 aromatic carbocycles. The summed E-state index contributed by atoms with van der Waals surface area (Å²) in [4.78, 5) is 12.8. The average Bonchev–Trinajstić information content (AvgIpc) is 3.00. The number of aromatic nitrogens is 1. The predicted octanol–water partition coefficient (Wildman–Crippen LogP) is 2.63. The van der Waals surface area contributed by atoms with Crippen molar-refractivity contribution in [2.45, 2.75) is 45.7 Å². The fraction of sp³-hybridized carbons (Fsp3) is 0.765. The number of guanidine groups is 1. The molecule has 1 aromatic rings. The molecule has 0 unspecified atom stereocenters. The number of likely N-dealkylation sites (tertiary alicyclic amines) is 1. The lowest BCUT2D eigenvalue weighted by Gasteiger charge is -2.33. The molecule has 8 heteroatoms. The number of hydrogen-bond donors (Lipinski definition) is 2. The van der Waals surface area contributed by atoms with Crippen LogP contribution in [0.3, 0.4) is 0 Å². The van der Waals surface area contributed by atoms with Crippen LogP contribution < -0.4 is 10.6 Å². The molecule has 1 aliphatic rings. The first-order chi connectivity index (χ1) is 11.7. The number of halogens is 1. The van der Waals surface area contributed by atoms with E-state index in [1.807, 2.05) is 6.20 Å². The van der Waals surface area contributed by atoms with Crippen molar-refractivity contribution in [3.63, 3.8) is 0 Å². The van der Waals surface area contributed by atoms with E-state index in [-0.39, 0.29) is 24.0 Å². The Labute approximate surface area is 172 Å². The lowest BCUT2D eigenvalue weighted by atomic mass is 10.1. The molecule has 1 saturated heterocycles. The standard InChI is InChI=1S/C17H31N5OS.HI/c1-4-18-17(20-13-16-19-12-14(2)24-16)21-15-6-9-22(10-7-15)8-5-11-23-3;/h12,15H,4-11,13H2,1-3H3,(H2,18,20,21);1H. The lowest BCUT2D eigenvalue weighted by Crippen LogP contribution is -2.48. The van der Waals surface area contributed by atoms with Gasteiger partial charge in [0.2, 0.25) is 0 Å². The number of piperidine rings is 1. The van der Waals surface area contributed by atoms with Gasteiger partial charge in [0.05, 0.1) is 6.54 Å². The van der Waals surface area contributed by atoms with Gasteiger partial charge in [0.25, 0.3) is 0 Å². The van der Waals surface area contributed by atoms with E-state index >= 15 is 0 Å². The number of rotatable bonds is 8. The molecule has 1 aliphatic heterocycles. The molecule has 0 amide bonds. The van der Waals surface area contributed by atoms with Crippen LogP contribution in [0.5, 0.6) is 0 Å². The summed E-state index contributed by atoms with van der Waals surface area (Å²) in [5.74, 6) is 0.906. The first-order valence-electron chi connectivity index (χ1n) is 8.88. The smallest absolute Gasteiger partial charge is 0.191 e. The number of hydrogen-bond acceptors (Lipinski definition) is 5. The predicted molar refractivity (Wildman–Crippen MR) is 116 cm³/mol. The summed E-state index contributed by atoms with van der Waals surface area (Å²) < 4.78 is 5.13. The van der Waals surface area contributed by atoms with Crippen LogP contribution in [0.25, 0.3) is 0 Å². The minimum absolute atomic E-state index is 0. The molecule has 0 atom stereocenters. The van der Waals surface area contributed by atoms with E-state index in [9.17, 15) is 0 Å². The lowest BCUT2D eigenvalue weighted by molar-refractivity contribution is 0.155. The maximum absolute atomic E-state index is 5.13. The van der Waals surface area contributed by atoms with Gasteiger partial charge >= 0.3 is 0 Å². The normalized spacial score (nSPS) is 16.5. The van der Waals surface area contributed by atoms with E-state index in [0.29, 0.717) is 12.6 Å². The van der Waals surface area contributed by atoms with Crippen LogP contribution in [0.1, 0.15) is 36.1 Å². The Morgan fingerprint density at radius 2 is 2.20 bits per heavy atom. The Kier molecular flexibility index (Phi) is 11.6. The maximum atomic E-state index is 5.13. The van der Waals surface area contributed by atoms with Gasteiger partial charge in [0, 0.05) is 57.0 Å². The molecule has 0 spiro atoms. The summed E-state index contributed by atoms with van der Waals surface area (Å²) in [6.07, 6.45) is 5.35. The molecular weight excluding hydrogens is 449 g/mol. The second-order valence-corrected chi connectivity index (χ2v) is 7.49. The Morgan fingerprint density at radius 3 is 2.80 bits per heavy atom. The number of nitrogens with one attached hydrogen (secondary N) is 2. The van der Waals surface area contributed by atoms with Crippen molar-refractivity contribution in [1.29, 1.82) is 0 Å². The third kappa shape index (κ3) is 8.65. The fourth-order valence-electron chi connectivity index (χ4n) is 2.87. The van der Waals surface area contributed by atoms with Crippen LogP contribution in [0.4, 0.5) is 0 Å².